The number of nitrogens with zero attached hydrogens (tertiary/aromatic N) is 3. The molecule has 1 aromatic heterocycles. The SMILES string of the molecule is CCC(Nc1ncc([N+](=O)[O-])cc1C#N)C1CCCCC1. The first-order valence-corrected chi connectivity index (χ1v) is 7.46. The van der Waals surface area contributed by atoms with Crippen molar-refractivity contribution in [3.63, 3.8) is 0 Å². The summed E-state index contributed by atoms with van der Waals surface area (Å²) in [6.07, 6.45) is 8.35. The zero-order chi connectivity index (χ0) is 15.2. The van der Waals surface area contributed by atoms with Gasteiger partial charge in [0.15, 0.2) is 0 Å². The molecule has 1 saturated carbocycles. The maximum absolute atomic E-state index is 10.7. The molecule has 1 aliphatic carbocycles. The van der Waals surface area contributed by atoms with Gasteiger partial charge in [0.05, 0.1) is 4.92 Å². The topological polar surface area (TPSA) is 91.8 Å². The van der Waals surface area contributed by atoms with Crippen molar-refractivity contribution in [2.75, 3.05) is 5.32 Å². The van der Waals surface area contributed by atoms with Crippen LogP contribution in [-0.4, -0.2) is 15.9 Å². The largest absolute Gasteiger partial charge is 0.366 e. The summed E-state index contributed by atoms with van der Waals surface area (Å²) in [4.78, 5) is 14.3. The number of nitriles is 1. The van der Waals surface area contributed by atoms with Gasteiger partial charge < -0.3 is 5.32 Å². The number of hydrogen-bond acceptors (Lipinski definition) is 5. The molecule has 0 aromatic carbocycles. The van der Waals surface area contributed by atoms with Crippen LogP contribution in [0.15, 0.2) is 12.3 Å². The second-order valence-corrected chi connectivity index (χ2v) is 5.52. The molecule has 6 nitrogen and oxygen atoms in total. The van der Waals surface area contributed by atoms with Gasteiger partial charge >= 0.3 is 0 Å². The molecule has 1 aromatic rings. The normalized spacial score (nSPS) is 17.0. The Bertz CT molecular complexity index is 547. The molecule has 0 radical (unpaired) electrons. The van der Waals surface area contributed by atoms with Crippen molar-refractivity contribution in [3.8, 4) is 6.07 Å². The predicted octanol–water partition coefficient (Wildman–Crippen LogP) is 3.63. The first kappa shape index (κ1) is 15.2. The van der Waals surface area contributed by atoms with Crippen LogP contribution in [0.3, 0.4) is 0 Å². The Labute approximate surface area is 124 Å². The minimum atomic E-state index is -0.532. The van der Waals surface area contributed by atoms with Crippen molar-refractivity contribution in [3.05, 3.63) is 27.9 Å². The zero-order valence-corrected chi connectivity index (χ0v) is 12.2. The van der Waals surface area contributed by atoms with Crippen molar-refractivity contribution in [1.82, 2.24) is 4.98 Å². The van der Waals surface area contributed by atoms with E-state index >= 15 is 0 Å². The minimum Gasteiger partial charge on any atom is -0.366 e. The van der Waals surface area contributed by atoms with Crippen molar-refractivity contribution < 1.29 is 4.92 Å². The molecule has 1 heterocycles. The van der Waals surface area contributed by atoms with Gasteiger partial charge in [-0.1, -0.05) is 26.2 Å². The lowest BCUT2D eigenvalue weighted by Gasteiger charge is -2.30. The third kappa shape index (κ3) is 3.69. The van der Waals surface area contributed by atoms with Crippen LogP contribution in [0.1, 0.15) is 51.0 Å². The van der Waals surface area contributed by atoms with Crippen molar-refractivity contribution in [2.24, 2.45) is 5.92 Å². The smallest absolute Gasteiger partial charge is 0.289 e. The summed E-state index contributed by atoms with van der Waals surface area (Å²) in [6.45, 7) is 2.11. The molecule has 1 atom stereocenters. The molecule has 1 N–H and O–H groups in total. The fourth-order valence-corrected chi connectivity index (χ4v) is 3.02. The van der Waals surface area contributed by atoms with Gasteiger partial charge in [-0.15, -0.1) is 0 Å². The summed E-state index contributed by atoms with van der Waals surface area (Å²) in [5, 5.41) is 23.2. The van der Waals surface area contributed by atoms with E-state index in [0.29, 0.717) is 11.7 Å². The monoisotopic (exact) mass is 288 g/mol. The van der Waals surface area contributed by atoms with E-state index in [-0.39, 0.29) is 17.3 Å². The van der Waals surface area contributed by atoms with E-state index in [1.807, 2.05) is 6.07 Å². The van der Waals surface area contributed by atoms with Crippen LogP contribution in [0.5, 0.6) is 0 Å². The number of anilines is 1. The van der Waals surface area contributed by atoms with Gasteiger partial charge in [-0.2, -0.15) is 5.26 Å². The molecule has 112 valence electrons. The molecule has 1 unspecified atom stereocenters. The lowest BCUT2D eigenvalue weighted by molar-refractivity contribution is -0.385. The Morgan fingerprint density at radius 2 is 2.24 bits per heavy atom. The molecular formula is C15H20N4O2. The second-order valence-electron chi connectivity index (χ2n) is 5.52. The highest BCUT2D eigenvalue weighted by atomic mass is 16.6. The van der Waals surface area contributed by atoms with Crippen LogP contribution in [0, 0.1) is 27.4 Å². The molecule has 0 amide bonds. The first-order chi connectivity index (χ1) is 10.2. The Kier molecular flexibility index (Phi) is 5.09. The van der Waals surface area contributed by atoms with E-state index in [1.165, 1.54) is 44.4 Å². The summed E-state index contributed by atoms with van der Waals surface area (Å²) in [7, 11) is 0. The van der Waals surface area contributed by atoms with Crippen LogP contribution in [0.4, 0.5) is 11.5 Å². The van der Waals surface area contributed by atoms with E-state index in [2.05, 4.69) is 17.2 Å². The molecule has 1 aliphatic rings. The fourth-order valence-electron chi connectivity index (χ4n) is 3.02. The Morgan fingerprint density at radius 1 is 1.52 bits per heavy atom. The highest BCUT2D eigenvalue weighted by Gasteiger charge is 2.23. The number of hydrogen-bond donors (Lipinski definition) is 1. The average molecular weight is 288 g/mol. The fraction of sp³-hybridized carbons (Fsp3) is 0.600. The molecule has 0 saturated heterocycles. The van der Waals surface area contributed by atoms with E-state index in [4.69, 9.17) is 5.26 Å². The van der Waals surface area contributed by atoms with Crippen LogP contribution in [-0.2, 0) is 0 Å². The van der Waals surface area contributed by atoms with Crippen molar-refractivity contribution >= 4 is 11.5 Å². The van der Waals surface area contributed by atoms with E-state index in [1.54, 1.807) is 0 Å². The minimum absolute atomic E-state index is 0.150. The van der Waals surface area contributed by atoms with E-state index in [0.717, 1.165) is 6.42 Å². The number of nitrogens with one attached hydrogen (secondary N) is 1. The molecule has 2 rings (SSSR count). The van der Waals surface area contributed by atoms with E-state index < -0.39 is 4.92 Å². The number of pyridine rings is 1. The molecule has 1 fully saturated rings. The molecular weight excluding hydrogens is 268 g/mol. The highest BCUT2D eigenvalue weighted by Crippen LogP contribution is 2.30. The summed E-state index contributed by atoms with van der Waals surface area (Å²) in [5.41, 5.74) is 0.0845. The Hall–Kier alpha value is -2.16. The summed E-state index contributed by atoms with van der Waals surface area (Å²) in [5.74, 6) is 1.05. The standard InChI is InChI=1S/C15H20N4O2/c1-2-14(11-6-4-3-5-7-11)18-15-12(9-16)8-13(10-17-15)19(20)21/h8,10-11,14H,2-7H2,1H3,(H,17,18). The Morgan fingerprint density at radius 3 is 2.81 bits per heavy atom. The van der Waals surface area contributed by atoms with Crippen molar-refractivity contribution in [1.29, 1.82) is 5.26 Å². The van der Waals surface area contributed by atoms with Gasteiger partial charge in [0.1, 0.15) is 23.6 Å². The molecule has 21 heavy (non-hydrogen) atoms. The van der Waals surface area contributed by atoms with Crippen LogP contribution in [0.2, 0.25) is 0 Å². The van der Waals surface area contributed by atoms with Gasteiger partial charge in [0.2, 0.25) is 0 Å². The maximum atomic E-state index is 10.7. The summed E-state index contributed by atoms with van der Waals surface area (Å²) in [6, 6.07) is 3.54. The van der Waals surface area contributed by atoms with Crippen LogP contribution >= 0.6 is 0 Å². The predicted molar refractivity (Wildman–Crippen MR) is 79.9 cm³/mol. The third-order valence-corrected chi connectivity index (χ3v) is 4.19. The number of aromatic nitrogens is 1. The number of nitro groups is 1. The summed E-state index contributed by atoms with van der Waals surface area (Å²) >= 11 is 0. The molecule has 0 spiro atoms. The van der Waals surface area contributed by atoms with Gasteiger partial charge in [0, 0.05) is 12.1 Å². The first-order valence-electron chi connectivity index (χ1n) is 7.46. The lowest BCUT2D eigenvalue weighted by atomic mass is 9.83. The van der Waals surface area contributed by atoms with Crippen LogP contribution in [0.25, 0.3) is 0 Å². The number of rotatable bonds is 5. The van der Waals surface area contributed by atoms with E-state index in [9.17, 15) is 10.1 Å². The van der Waals surface area contributed by atoms with Gasteiger partial charge in [-0.3, -0.25) is 10.1 Å². The molecule has 6 heteroatoms. The summed E-state index contributed by atoms with van der Waals surface area (Å²) < 4.78 is 0. The van der Waals surface area contributed by atoms with Gasteiger partial charge in [0.25, 0.3) is 5.69 Å². The third-order valence-electron chi connectivity index (χ3n) is 4.19. The average Bonchev–Trinajstić information content (AvgIpc) is 2.53. The van der Waals surface area contributed by atoms with Crippen molar-refractivity contribution in [2.45, 2.75) is 51.5 Å². The maximum Gasteiger partial charge on any atom is 0.289 e. The quantitative estimate of drug-likeness (QED) is 0.659. The second kappa shape index (κ2) is 7.02. The zero-order valence-electron chi connectivity index (χ0n) is 12.2. The molecule has 0 bridgehead atoms. The lowest BCUT2D eigenvalue weighted by Crippen LogP contribution is -2.30. The Balaban J connectivity index is 2.17. The van der Waals surface area contributed by atoms with Gasteiger partial charge in [-0.05, 0) is 25.2 Å². The van der Waals surface area contributed by atoms with Crippen LogP contribution < -0.4 is 5.32 Å². The molecule has 0 aliphatic heterocycles. The highest BCUT2D eigenvalue weighted by molar-refractivity contribution is 5.56. The van der Waals surface area contributed by atoms with Gasteiger partial charge in [-0.25, -0.2) is 4.98 Å².